The van der Waals surface area contributed by atoms with Crippen molar-refractivity contribution in [1.29, 1.82) is 0 Å². The molecular weight excluding hydrogens is 396 g/mol. The van der Waals surface area contributed by atoms with Crippen molar-refractivity contribution in [2.75, 3.05) is 13.7 Å². The number of amides is 2. The lowest BCUT2D eigenvalue weighted by molar-refractivity contribution is -0.155. The second-order valence-corrected chi connectivity index (χ2v) is 8.20. The van der Waals surface area contributed by atoms with Crippen LogP contribution in [0.15, 0.2) is 15.8 Å². The smallest absolute Gasteiger partial charge is 0.407 e. The monoisotopic (exact) mass is 424 g/mol. The molecular formula is C19H28N4O7. The Morgan fingerprint density at radius 2 is 1.90 bits per heavy atom. The fraction of sp³-hybridized carbons (Fsp3) is 0.632. The summed E-state index contributed by atoms with van der Waals surface area (Å²) in [6.45, 7) is 6.40. The number of aromatic amines is 1. The highest BCUT2D eigenvalue weighted by Gasteiger charge is 2.37. The molecule has 2 N–H and O–H groups in total. The molecule has 2 amide bonds. The van der Waals surface area contributed by atoms with Crippen LogP contribution in [0, 0.1) is 6.92 Å². The molecule has 1 aliphatic rings. The lowest BCUT2D eigenvalue weighted by atomic mass is 9.98. The molecule has 0 radical (unpaired) electrons. The van der Waals surface area contributed by atoms with Gasteiger partial charge in [0.25, 0.3) is 5.56 Å². The van der Waals surface area contributed by atoms with E-state index in [9.17, 15) is 24.0 Å². The van der Waals surface area contributed by atoms with Gasteiger partial charge in [0.05, 0.1) is 7.11 Å². The summed E-state index contributed by atoms with van der Waals surface area (Å²) in [7, 11) is 1.23. The molecule has 1 fully saturated rings. The third-order valence-electron chi connectivity index (χ3n) is 4.59. The molecule has 166 valence electrons. The van der Waals surface area contributed by atoms with Crippen molar-refractivity contribution < 1.29 is 23.9 Å². The van der Waals surface area contributed by atoms with E-state index in [2.05, 4.69) is 10.3 Å². The molecule has 2 atom stereocenters. The zero-order chi connectivity index (χ0) is 22.6. The Hall–Kier alpha value is -3.11. The summed E-state index contributed by atoms with van der Waals surface area (Å²) in [5, 5.41) is 2.71. The van der Waals surface area contributed by atoms with E-state index in [-0.39, 0.29) is 25.1 Å². The maximum absolute atomic E-state index is 12.9. The Bertz CT molecular complexity index is 928. The summed E-state index contributed by atoms with van der Waals surface area (Å²) < 4.78 is 11.1. The van der Waals surface area contributed by atoms with E-state index in [1.807, 2.05) is 0 Å². The van der Waals surface area contributed by atoms with Crippen molar-refractivity contribution in [3.8, 4) is 0 Å². The molecule has 1 aromatic heterocycles. The summed E-state index contributed by atoms with van der Waals surface area (Å²) in [5.41, 5.74) is -1.66. The fourth-order valence-corrected chi connectivity index (χ4v) is 3.19. The number of aromatic nitrogens is 2. The summed E-state index contributed by atoms with van der Waals surface area (Å²) in [6, 6.07) is -1.27. The van der Waals surface area contributed by atoms with Crippen LogP contribution in [-0.4, -0.2) is 63.8 Å². The van der Waals surface area contributed by atoms with Crippen LogP contribution in [0.4, 0.5) is 4.79 Å². The number of rotatable bonds is 4. The quantitative estimate of drug-likeness (QED) is 0.643. The highest BCUT2D eigenvalue weighted by Crippen LogP contribution is 2.20. The van der Waals surface area contributed by atoms with Gasteiger partial charge in [-0.15, -0.1) is 0 Å². The average molecular weight is 424 g/mol. The molecule has 0 aliphatic carbocycles. The van der Waals surface area contributed by atoms with Gasteiger partial charge >= 0.3 is 17.8 Å². The van der Waals surface area contributed by atoms with Crippen LogP contribution >= 0.6 is 0 Å². The summed E-state index contributed by atoms with van der Waals surface area (Å²) in [5.74, 6) is -1.10. The van der Waals surface area contributed by atoms with Gasteiger partial charge in [-0.05, 0) is 40.5 Å². The number of aryl methyl sites for hydroxylation is 1. The minimum absolute atomic E-state index is 0.0505. The molecule has 1 aliphatic heterocycles. The lowest BCUT2D eigenvalue weighted by Crippen LogP contribution is -2.57. The van der Waals surface area contributed by atoms with Crippen LogP contribution in [0.1, 0.15) is 39.2 Å². The third-order valence-corrected chi connectivity index (χ3v) is 4.59. The zero-order valence-corrected chi connectivity index (χ0v) is 17.8. The number of carbonyl (C=O) groups excluding carboxylic acids is 3. The first-order valence-electron chi connectivity index (χ1n) is 9.58. The molecule has 30 heavy (non-hydrogen) atoms. The number of esters is 1. The van der Waals surface area contributed by atoms with Crippen LogP contribution in [0.5, 0.6) is 0 Å². The number of nitrogens with zero attached hydrogens (tertiary/aromatic N) is 2. The largest absolute Gasteiger partial charge is 0.467 e. The minimum Gasteiger partial charge on any atom is -0.467 e. The molecule has 0 saturated carbocycles. The van der Waals surface area contributed by atoms with E-state index >= 15 is 0 Å². The van der Waals surface area contributed by atoms with Crippen molar-refractivity contribution >= 4 is 18.0 Å². The van der Waals surface area contributed by atoms with Gasteiger partial charge in [-0.3, -0.25) is 19.1 Å². The second-order valence-electron chi connectivity index (χ2n) is 8.20. The molecule has 2 rings (SSSR count). The number of alkyl carbamates (subject to hydrolysis) is 1. The van der Waals surface area contributed by atoms with Crippen LogP contribution in [-0.2, 0) is 25.6 Å². The highest BCUT2D eigenvalue weighted by molar-refractivity contribution is 5.85. The summed E-state index contributed by atoms with van der Waals surface area (Å²) in [6.07, 6.45) is 1.38. The highest BCUT2D eigenvalue weighted by atomic mass is 16.6. The van der Waals surface area contributed by atoms with Gasteiger partial charge in [0.2, 0.25) is 5.91 Å². The van der Waals surface area contributed by atoms with Crippen molar-refractivity contribution in [2.45, 2.75) is 64.8 Å². The fourth-order valence-electron chi connectivity index (χ4n) is 3.19. The maximum atomic E-state index is 12.9. The zero-order valence-electron chi connectivity index (χ0n) is 17.8. The number of H-pyrrole nitrogens is 1. The number of nitrogens with one attached hydrogen (secondary N) is 2. The third kappa shape index (κ3) is 5.94. The van der Waals surface area contributed by atoms with Crippen molar-refractivity contribution in [2.24, 2.45) is 0 Å². The summed E-state index contributed by atoms with van der Waals surface area (Å²) in [4.78, 5) is 64.1. The molecule has 1 saturated heterocycles. The maximum Gasteiger partial charge on any atom is 0.407 e. The summed E-state index contributed by atoms with van der Waals surface area (Å²) >= 11 is 0. The Morgan fingerprint density at radius 3 is 2.50 bits per heavy atom. The van der Waals surface area contributed by atoms with Crippen LogP contribution in [0.2, 0.25) is 0 Å². The molecule has 0 spiro atoms. The Morgan fingerprint density at radius 1 is 1.23 bits per heavy atom. The van der Waals surface area contributed by atoms with Gasteiger partial charge in [-0.25, -0.2) is 14.4 Å². The Labute approximate surface area is 173 Å². The second kappa shape index (κ2) is 9.14. The van der Waals surface area contributed by atoms with Gasteiger partial charge in [0, 0.05) is 24.3 Å². The lowest BCUT2D eigenvalue weighted by Gasteiger charge is -2.38. The number of methoxy groups -OCH3 is 1. The van der Waals surface area contributed by atoms with Crippen molar-refractivity contribution in [1.82, 2.24) is 19.8 Å². The number of piperidine rings is 1. The topological polar surface area (TPSA) is 140 Å². The normalized spacial score (nSPS) is 19.2. The van der Waals surface area contributed by atoms with Crippen LogP contribution in [0.3, 0.4) is 0 Å². The van der Waals surface area contributed by atoms with Gasteiger partial charge in [-0.1, -0.05) is 0 Å². The van der Waals surface area contributed by atoms with E-state index in [1.54, 1.807) is 20.8 Å². The van der Waals surface area contributed by atoms with Crippen LogP contribution in [0.25, 0.3) is 0 Å². The Kier molecular flexibility index (Phi) is 7.06. The predicted molar refractivity (Wildman–Crippen MR) is 106 cm³/mol. The number of likely N-dealkylation sites (tertiary alicyclic amines) is 1. The molecule has 1 aromatic rings. The van der Waals surface area contributed by atoms with Crippen molar-refractivity contribution in [3.63, 3.8) is 0 Å². The van der Waals surface area contributed by atoms with Gasteiger partial charge in [0.1, 0.15) is 18.2 Å². The average Bonchev–Trinajstić information content (AvgIpc) is 2.63. The first kappa shape index (κ1) is 23.2. The number of hydrogen-bond donors (Lipinski definition) is 2. The first-order chi connectivity index (χ1) is 13.9. The standard InChI is InChI=1S/C19H28N4O7/c1-11-8-22(17(27)21-15(11)25)10-14(24)23-9-12(6-7-13(23)16(26)29-5)20-18(28)30-19(2,3)4/h8,12-13H,6-7,9-10H2,1-5H3,(H,20,28)(H,21,25,27)/t12-,13+/m1/s1. The van der Waals surface area contributed by atoms with Crippen LogP contribution < -0.4 is 16.6 Å². The SMILES string of the molecule is COC(=O)[C@@H]1CC[C@@H](NC(=O)OC(C)(C)C)CN1C(=O)Cn1cc(C)c(=O)[nH]c1=O. The molecule has 0 aromatic carbocycles. The molecule has 11 nitrogen and oxygen atoms in total. The van der Waals surface area contributed by atoms with E-state index in [4.69, 9.17) is 9.47 Å². The number of carbonyl (C=O) groups is 3. The van der Waals surface area contributed by atoms with Gasteiger partial charge in [0.15, 0.2) is 0 Å². The van der Waals surface area contributed by atoms with E-state index in [1.165, 1.54) is 25.1 Å². The number of ether oxygens (including phenoxy) is 2. The minimum atomic E-state index is -0.834. The molecule has 11 heteroatoms. The predicted octanol–water partition coefficient (Wildman–Crippen LogP) is -0.0977. The molecule has 0 bridgehead atoms. The Balaban J connectivity index is 2.18. The number of hydrogen-bond acceptors (Lipinski definition) is 7. The molecule has 2 heterocycles. The molecule has 0 unspecified atom stereocenters. The van der Waals surface area contributed by atoms with E-state index in [0.29, 0.717) is 6.42 Å². The van der Waals surface area contributed by atoms with Crippen molar-refractivity contribution in [3.05, 3.63) is 32.6 Å². The van der Waals surface area contributed by atoms with Gasteiger partial charge < -0.3 is 19.7 Å². The van der Waals surface area contributed by atoms with E-state index in [0.717, 1.165) is 4.57 Å². The van der Waals surface area contributed by atoms with Gasteiger partial charge in [-0.2, -0.15) is 0 Å². The van der Waals surface area contributed by atoms with E-state index < -0.39 is 46.9 Å². The first-order valence-corrected chi connectivity index (χ1v) is 9.58.